The first kappa shape index (κ1) is 14.0. The minimum absolute atomic E-state index is 0.0629. The van der Waals surface area contributed by atoms with Crippen molar-refractivity contribution in [1.29, 1.82) is 0 Å². The van der Waals surface area contributed by atoms with Crippen LogP contribution in [0.3, 0.4) is 0 Å². The third-order valence-corrected chi connectivity index (χ3v) is 3.94. The Morgan fingerprint density at radius 1 is 1.21 bits per heavy atom. The summed E-state index contributed by atoms with van der Waals surface area (Å²) in [5.41, 5.74) is 0. The Hall–Kier alpha value is -1.39. The fourth-order valence-electron chi connectivity index (χ4n) is 3.06. The van der Waals surface area contributed by atoms with Crippen molar-refractivity contribution in [2.45, 2.75) is 52.0 Å². The monoisotopic (exact) mass is 266 g/mol. The molecule has 0 aromatic heterocycles. The maximum absolute atomic E-state index is 12.2. The Kier molecular flexibility index (Phi) is 4.22. The van der Waals surface area contributed by atoms with Gasteiger partial charge < -0.3 is 5.32 Å². The van der Waals surface area contributed by atoms with Crippen molar-refractivity contribution in [2.24, 2.45) is 11.8 Å². The molecule has 1 saturated carbocycles. The number of hydrogen-bond donors (Lipinski definition) is 1. The molecule has 0 bridgehead atoms. The van der Waals surface area contributed by atoms with Crippen LogP contribution < -0.4 is 5.32 Å². The fourth-order valence-corrected chi connectivity index (χ4v) is 3.06. The predicted molar refractivity (Wildman–Crippen MR) is 70.1 cm³/mol. The lowest BCUT2D eigenvalue weighted by atomic mass is 9.81. The molecular formula is C14H22N2O3. The van der Waals surface area contributed by atoms with Gasteiger partial charge in [0.15, 0.2) is 0 Å². The first-order valence-electron chi connectivity index (χ1n) is 7.15. The first-order valence-corrected chi connectivity index (χ1v) is 7.15. The summed E-state index contributed by atoms with van der Waals surface area (Å²) in [6.45, 7) is 4.00. The van der Waals surface area contributed by atoms with Gasteiger partial charge in [0.2, 0.25) is 17.7 Å². The van der Waals surface area contributed by atoms with Crippen molar-refractivity contribution in [2.75, 3.05) is 6.54 Å². The average Bonchev–Trinajstić information content (AvgIpc) is 2.60. The van der Waals surface area contributed by atoms with Crippen LogP contribution in [0.2, 0.25) is 0 Å². The average molecular weight is 266 g/mol. The van der Waals surface area contributed by atoms with Gasteiger partial charge in [-0.3, -0.25) is 19.3 Å². The topological polar surface area (TPSA) is 66.5 Å². The highest BCUT2D eigenvalue weighted by molar-refractivity contribution is 6.05. The van der Waals surface area contributed by atoms with Crippen LogP contribution in [0.4, 0.5) is 0 Å². The van der Waals surface area contributed by atoms with Gasteiger partial charge >= 0.3 is 0 Å². The number of imide groups is 1. The van der Waals surface area contributed by atoms with E-state index in [2.05, 4.69) is 5.32 Å². The lowest BCUT2D eigenvalue weighted by Gasteiger charge is -2.19. The number of carbonyl (C=O) groups excluding carboxylic acids is 3. The normalized spacial score (nSPS) is 26.8. The quantitative estimate of drug-likeness (QED) is 0.774. The summed E-state index contributed by atoms with van der Waals surface area (Å²) in [5, 5.41) is 2.77. The molecule has 19 heavy (non-hydrogen) atoms. The summed E-state index contributed by atoms with van der Waals surface area (Å²) in [5.74, 6) is -0.464. The minimum atomic E-state index is -0.116. The molecule has 2 atom stereocenters. The standard InChI is InChI=1S/C14H22N2O3/c1-9(2)15-12(17)7-8-16-13(18)10-5-3-4-6-11(10)14(16)19/h9-11H,3-8H2,1-2H3,(H,15,17)/t10-,11-/m0/s1. The summed E-state index contributed by atoms with van der Waals surface area (Å²) in [6, 6.07) is 0.0834. The number of rotatable bonds is 4. The molecule has 106 valence electrons. The maximum Gasteiger partial charge on any atom is 0.233 e. The molecule has 2 aliphatic rings. The smallest absolute Gasteiger partial charge is 0.233 e. The van der Waals surface area contributed by atoms with Crippen molar-refractivity contribution >= 4 is 17.7 Å². The van der Waals surface area contributed by atoms with E-state index in [1.165, 1.54) is 4.90 Å². The molecule has 0 aromatic carbocycles. The van der Waals surface area contributed by atoms with Crippen molar-refractivity contribution in [3.8, 4) is 0 Å². The number of fused-ring (bicyclic) bond motifs is 1. The van der Waals surface area contributed by atoms with E-state index in [9.17, 15) is 14.4 Å². The molecule has 0 unspecified atom stereocenters. The van der Waals surface area contributed by atoms with Crippen molar-refractivity contribution in [1.82, 2.24) is 10.2 Å². The van der Waals surface area contributed by atoms with Gasteiger partial charge in [0.1, 0.15) is 0 Å². The number of likely N-dealkylation sites (tertiary alicyclic amines) is 1. The van der Waals surface area contributed by atoms with Crippen molar-refractivity contribution in [3.63, 3.8) is 0 Å². The van der Waals surface area contributed by atoms with Crippen LogP contribution in [0.15, 0.2) is 0 Å². The maximum atomic E-state index is 12.2. The van der Waals surface area contributed by atoms with Crippen LogP contribution in [-0.4, -0.2) is 35.2 Å². The highest BCUT2D eigenvalue weighted by atomic mass is 16.2. The van der Waals surface area contributed by atoms with Crippen LogP contribution in [-0.2, 0) is 14.4 Å². The van der Waals surface area contributed by atoms with Gasteiger partial charge in [0.05, 0.1) is 11.8 Å². The van der Waals surface area contributed by atoms with Gasteiger partial charge in [-0.15, -0.1) is 0 Å². The molecule has 5 heteroatoms. The van der Waals surface area contributed by atoms with Gasteiger partial charge in [0.25, 0.3) is 0 Å². The molecule has 1 N–H and O–H groups in total. The summed E-state index contributed by atoms with van der Waals surface area (Å²) in [7, 11) is 0. The number of nitrogens with zero attached hydrogens (tertiary/aromatic N) is 1. The Balaban J connectivity index is 1.92. The van der Waals surface area contributed by atoms with Crippen LogP contribution in [0, 0.1) is 11.8 Å². The Labute approximate surface area is 113 Å². The summed E-state index contributed by atoms with van der Waals surface area (Å²) < 4.78 is 0. The molecule has 5 nitrogen and oxygen atoms in total. The van der Waals surface area contributed by atoms with E-state index in [0.29, 0.717) is 0 Å². The molecule has 1 saturated heterocycles. The van der Waals surface area contributed by atoms with Crippen LogP contribution in [0.5, 0.6) is 0 Å². The van der Waals surface area contributed by atoms with Gasteiger partial charge in [-0.05, 0) is 26.7 Å². The zero-order valence-corrected chi connectivity index (χ0v) is 11.6. The van der Waals surface area contributed by atoms with Gasteiger partial charge in [-0.2, -0.15) is 0 Å². The largest absolute Gasteiger partial charge is 0.354 e. The second kappa shape index (κ2) is 5.72. The lowest BCUT2D eigenvalue weighted by molar-refractivity contribution is -0.140. The number of hydrogen-bond acceptors (Lipinski definition) is 3. The van der Waals surface area contributed by atoms with Crippen molar-refractivity contribution < 1.29 is 14.4 Å². The number of amides is 3. The second-order valence-electron chi connectivity index (χ2n) is 5.80. The Morgan fingerprint density at radius 2 is 1.74 bits per heavy atom. The highest BCUT2D eigenvalue weighted by Crippen LogP contribution is 2.37. The molecule has 1 aliphatic carbocycles. The summed E-state index contributed by atoms with van der Waals surface area (Å²) in [6.07, 6.45) is 3.91. The summed E-state index contributed by atoms with van der Waals surface area (Å²) >= 11 is 0. The molecule has 0 aromatic rings. The highest BCUT2D eigenvalue weighted by Gasteiger charge is 2.47. The molecule has 1 aliphatic heterocycles. The second-order valence-corrected chi connectivity index (χ2v) is 5.80. The van der Waals surface area contributed by atoms with Gasteiger partial charge in [-0.25, -0.2) is 0 Å². The molecule has 1 heterocycles. The molecule has 0 radical (unpaired) electrons. The predicted octanol–water partition coefficient (Wildman–Crippen LogP) is 1.08. The van der Waals surface area contributed by atoms with Crippen LogP contribution in [0.25, 0.3) is 0 Å². The molecular weight excluding hydrogens is 244 g/mol. The zero-order chi connectivity index (χ0) is 14.0. The SMILES string of the molecule is CC(C)NC(=O)CCN1C(=O)[C@H]2CCCC[C@@H]2C1=O. The Bertz CT molecular complexity index is 368. The molecule has 2 fully saturated rings. The van der Waals surface area contributed by atoms with Gasteiger partial charge in [0, 0.05) is 19.0 Å². The van der Waals surface area contributed by atoms with Crippen LogP contribution in [0.1, 0.15) is 46.0 Å². The zero-order valence-electron chi connectivity index (χ0n) is 11.6. The summed E-state index contributed by atoms with van der Waals surface area (Å²) in [4.78, 5) is 37.2. The van der Waals surface area contributed by atoms with Crippen LogP contribution >= 0.6 is 0 Å². The molecule has 2 rings (SSSR count). The third kappa shape index (κ3) is 2.96. The van der Waals surface area contributed by atoms with E-state index in [4.69, 9.17) is 0 Å². The van der Waals surface area contributed by atoms with E-state index >= 15 is 0 Å². The number of nitrogens with one attached hydrogen (secondary N) is 1. The van der Waals surface area contributed by atoms with E-state index < -0.39 is 0 Å². The molecule has 0 spiro atoms. The third-order valence-electron chi connectivity index (χ3n) is 3.94. The van der Waals surface area contributed by atoms with E-state index in [1.54, 1.807) is 0 Å². The fraction of sp³-hybridized carbons (Fsp3) is 0.786. The minimum Gasteiger partial charge on any atom is -0.354 e. The van der Waals surface area contributed by atoms with E-state index in [0.717, 1.165) is 25.7 Å². The van der Waals surface area contributed by atoms with Crippen molar-refractivity contribution in [3.05, 3.63) is 0 Å². The molecule has 3 amide bonds. The van der Waals surface area contributed by atoms with E-state index in [1.807, 2.05) is 13.8 Å². The lowest BCUT2D eigenvalue weighted by Crippen LogP contribution is -2.37. The van der Waals surface area contributed by atoms with Gasteiger partial charge in [-0.1, -0.05) is 12.8 Å². The Morgan fingerprint density at radius 3 is 2.21 bits per heavy atom. The first-order chi connectivity index (χ1) is 9.00. The van der Waals surface area contributed by atoms with E-state index in [-0.39, 0.29) is 48.6 Å². The number of carbonyl (C=O) groups is 3.